The summed E-state index contributed by atoms with van der Waals surface area (Å²) in [4.78, 5) is 0. The Hall–Kier alpha value is -0.770. The number of rotatable bonds is 5. The van der Waals surface area contributed by atoms with Crippen LogP contribution >= 0.6 is 11.6 Å². The van der Waals surface area contributed by atoms with Crippen molar-refractivity contribution in [2.45, 2.75) is 6.61 Å². The van der Waals surface area contributed by atoms with Crippen molar-refractivity contribution >= 4 is 11.6 Å². The Bertz CT molecular complexity index is 289. The highest BCUT2D eigenvalue weighted by Crippen LogP contribution is 2.23. The van der Waals surface area contributed by atoms with E-state index in [1.54, 1.807) is 25.3 Å². The Morgan fingerprint density at radius 1 is 1.36 bits per heavy atom. The van der Waals surface area contributed by atoms with Gasteiger partial charge in [-0.25, -0.2) is 0 Å². The molecule has 1 aromatic rings. The fourth-order valence-electron chi connectivity index (χ4n) is 1.03. The van der Waals surface area contributed by atoms with Gasteiger partial charge in [0.1, 0.15) is 12.4 Å². The molecule has 1 N–H and O–H groups in total. The van der Waals surface area contributed by atoms with Crippen molar-refractivity contribution in [1.82, 2.24) is 0 Å². The first kappa shape index (κ1) is 11.3. The molecule has 0 aliphatic rings. The summed E-state index contributed by atoms with van der Waals surface area (Å²) in [5.74, 6) is 0.608. The van der Waals surface area contributed by atoms with Crippen LogP contribution in [-0.4, -0.2) is 25.4 Å². The third kappa shape index (κ3) is 3.18. The first-order valence-corrected chi connectivity index (χ1v) is 4.66. The molecule has 3 nitrogen and oxygen atoms in total. The lowest BCUT2D eigenvalue weighted by Gasteiger charge is -2.09. The van der Waals surface area contributed by atoms with Crippen LogP contribution in [0.3, 0.4) is 0 Å². The monoisotopic (exact) mass is 216 g/mol. The van der Waals surface area contributed by atoms with E-state index in [1.807, 2.05) is 0 Å². The fourth-order valence-corrected chi connectivity index (χ4v) is 1.19. The van der Waals surface area contributed by atoms with E-state index in [0.717, 1.165) is 5.56 Å². The molecule has 0 amide bonds. The van der Waals surface area contributed by atoms with E-state index in [0.29, 0.717) is 24.0 Å². The lowest BCUT2D eigenvalue weighted by atomic mass is 10.2. The third-order valence-corrected chi connectivity index (χ3v) is 1.98. The lowest BCUT2D eigenvalue weighted by molar-refractivity contribution is 0.144. The maximum atomic E-state index is 9.01. The molecule has 0 radical (unpaired) electrons. The molecule has 0 aromatic heterocycles. The van der Waals surface area contributed by atoms with Gasteiger partial charge in [-0.3, -0.25) is 0 Å². The SMILES string of the molecule is COCCOc1cc(Cl)ccc1CO. The molecule has 1 aromatic carbocycles. The van der Waals surface area contributed by atoms with Crippen LogP contribution in [0, 0.1) is 0 Å². The minimum Gasteiger partial charge on any atom is -0.491 e. The number of hydrogen-bond donors (Lipinski definition) is 1. The Morgan fingerprint density at radius 3 is 2.79 bits per heavy atom. The maximum absolute atomic E-state index is 9.01. The number of ether oxygens (including phenoxy) is 2. The molecule has 0 unspecified atom stereocenters. The van der Waals surface area contributed by atoms with E-state index in [4.69, 9.17) is 26.2 Å². The van der Waals surface area contributed by atoms with Gasteiger partial charge in [0, 0.05) is 17.7 Å². The summed E-state index contributed by atoms with van der Waals surface area (Å²) in [7, 11) is 1.61. The summed E-state index contributed by atoms with van der Waals surface area (Å²) in [6.45, 7) is 0.903. The average Bonchev–Trinajstić information content (AvgIpc) is 2.19. The van der Waals surface area contributed by atoms with Gasteiger partial charge in [0.25, 0.3) is 0 Å². The average molecular weight is 217 g/mol. The maximum Gasteiger partial charge on any atom is 0.126 e. The number of aliphatic hydroxyl groups is 1. The quantitative estimate of drug-likeness (QED) is 0.764. The highest BCUT2D eigenvalue weighted by atomic mass is 35.5. The first-order valence-electron chi connectivity index (χ1n) is 4.29. The molecule has 0 fully saturated rings. The largest absolute Gasteiger partial charge is 0.491 e. The molecule has 4 heteroatoms. The zero-order valence-corrected chi connectivity index (χ0v) is 8.75. The molecule has 78 valence electrons. The van der Waals surface area contributed by atoms with Crippen molar-refractivity contribution in [3.8, 4) is 5.75 Å². The van der Waals surface area contributed by atoms with Gasteiger partial charge in [-0.1, -0.05) is 17.7 Å². The van der Waals surface area contributed by atoms with Gasteiger partial charge in [-0.2, -0.15) is 0 Å². The highest BCUT2D eigenvalue weighted by molar-refractivity contribution is 6.30. The van der Waals surface area contributed by atoms with Crippen molar-refractivity contribution in [3.05, 3.63) is 28.8 Å². The molecule has 0 aliphatic heterocycles. The summed E-state index contributed by atoms with van der Waals surface area (Å²) in [6, 6.07) is 5.14. The van der Waals surface area contributed by atoms with Gasteiger partial charge in [0.15, 0.2) is 0 Å². The van der Waals surface area contributed by atoms with Crippen molar-refractivity contribution in [2.75, 3.05) is 20.3 Å². The Labute approximate surface area is 88.2 Å². The van der Waals surface area contributed by atoms with E-state index in [1.165, 1.54) is 0 Å². The van der Waals surface area contributed by atoms with Gasteiger partial charge in [0.05, 0.1) is 13.2 Å². The predicted octanol–water partition coefficient (Wildman–Crippen LogP) is 1.86. The van der Waals surface area contributed by atoms with Gasteiger partial charge >= 0.3 is 0 Å². The molecule has 14 heavy (non-hydrogen) atoms. The zero-order chi connectivity index (χ0) is 10.4. The number of methoxy groups -OCH3 is 1. The molecule has 0 heterocycles. The molecular formula is C10H13ClO3. The van der Waals surface area contributed by atoms with Gasteiger partial charge in [-0.05, 0) is 12.1 Å². The molecule has 0 bridgehead atoms. The van der Waals surface area contributed by atoms with Crippen molar-refractivity contribution < 1.29 is 14.6 Å². The minimum atomic E-state index is -0.0561. The fraction of sp³-hybridized carbons (Fsp3) is 0.400. The van der Waals surface area contributed by atoms with Crippen LogP contribution in [-0.2, 0) is 11.3 Å². The van der Waals surface area contributed by atoms with E-state index in [9.17, 15) is 0 Å². The van der Waals surface area contributed by atoms with Crippen LogP contribution < -0.4 is 4.74 Å². The Kier molecular flexibility index (Phi) is 4.73. The summed E-state index contributed by atoms with van der Waals surface area (Å²) in [5, 5.41) is 9.60. The van der Waals surface area contributed by atoms with Crippen molar-refractivity contribution in [1.29, 1.82) is 0 Å². The Morgan fingerprint density at radius 2 is 2.14 bits per heavy atom. The van der Waals surface area contributed by atoms with Gasteiger partial charge < -0.3 is 14.6 Å². The van der Waals surface area contributed by atoms with Crippen LogP contribution in [0.2, 0.25) is 5.02 Å². The second-order valence-corrected chi connectivity index (χ2v) is 3.19. The zero-order valence-electron chi connectivity index (χ0n) is 8.00. The third-order valence-electron chi connectivity index (χ3n) is 1.74. The summed E-state index contributed by atoms with van der Waals surface area (Å²) in [6.07, 6.45) is 0. The molecular weight excluding hydrogens is 204 g/mol. The molecule has 0 atom stereocenters. The second kappa shape index (κ2) is 5.86. The van der Waals surface area contributed by atoms with E-state index < -0.39 is 0 Å². The normalized spacial score (nSPS) is 10.2. The molecule has 1 rings (SSSR count). The number of halogens is 1. The standard InChI is InChI=1S/C10H13ClO3/c1-13-4-5-14-10-6-9(11)3-2-8(10)7-12/h2-3,6,12H,4-5,7H2,1H3. The van der Waals surface area contributed by atoms with Crippen LogP contribution in [0.5, 0.6) is 5.75 Å². The number of aliphatic hydroxyl groups excluding tert-OH is 1. The van der Waals surface area contributed by atoms with Crippen LogP contribution in [0.25, 0.3) is 0 Å². The van der Waals surface area contributed by atoms with Crippen molar-refractivity contribution in [2.24, 2.45) is 0 Å². The van der Waals surface area contributed by atoms with Gasteiger partial charge in [-0.15, -0.1) is 0 Å². The molecule has 0 saturated heterocycles. The molecule has 0 aliphatic carbocycles. The first-order chi connectivity index (χ1) is 6.77. The van der Waals surface area contributed by atoms with Gasteiger partial charge in [0.2, 0.25) is 0 Å². The number of hydrogen-bond acceptors (Lipinski definition) is 3. The van der Waals surface area contributed by atoms with Crippen molar-refractivity contribution in [3.63, 3.8) is 0 Å². The van der Waals surface area contributed by atoms with Crippen LogP contribution in [0.15, 0.2) is 18.2 Å². The second-order valence-electron chi connectivity index (χ2n) is 2.75. The highest BCUT2D eigenvalue weighted by Gasteiger charge is 2.03. The molecule has 0 saturated carbocycles. The Balaban J connectivity index is 2.67. The number of benzene rings is 1. The van der Waals surface area contributed by atoms with E-state index in [2.05, 4.69) is 0 Å². The van der Waals surface area contributed by atoms with Crippen LogP contribution in [0.4, 0.5) is 0 Å². The van der Waals surface area contributed by atoms with E-state index >= 15 is 0 Å². The smallest absolute Gasteiger partial charge is 0.126 e. The lowest BCUT2D eigenvalue weighted by Crippen LogP contribution is -2.05. The van der Waals surface area contributed by atoms with E-state index in [-0.39, 0.29) is 6.61 Å². The minimum absolute atomic E-state index is 0.0561. The predicted molar refractivity (Wildman–Crippen MR) is 54.7 cm³/mol. The van der Waals surface area contributed by atoms with Crippen LogP contribution in [0.1, 0.15) is 5.56 Å². The summed E-state index contributed by atoms with van der Waals surface area (Å²) >= 11 is 5.79. The molecule has 0 spiro atoms. The summed E-state index contributed by atoms with van der Waals surface area (Å²) < 4.78 is 10.2. The topological polar surface area (TPSA) is 38.7 Å². The summed E-state index contributed by atoms with van der Waals surface area (Å²) in [5.41, 5.74) is 0.727.